The molecule has 4 rings (SSSR count). The maximum atomic E-state index is 4.69. The average molecular weight is 314 g/mol. The first-order valence-electron chi connectivity index (χ1n) is 8.24. The van der Waals surface area contributed by atoms with Gasteiger partial charge < -0.3 is 5.32 Å². The summed E-state index contributed by atoms with van der Waals surface area (Å²) in [6.07, 6.45) is 7.93. The number of aromatic amines is 1. The Kier molecular flexibility index (Phi) is 3.53. The Morgan fingerprint density at radius 1 is 1.18 bits per heavy atom. The molecule has 3 heterocycles. The van der Waals surface area contributed by atoms with Crippen LogP contribution in [0.25, 0.3) is 20.4 Å². The molecule has 0 unspecified atom stereocenters. The number of aryl methyl sites for hydroxylation is 2. The summed E-state index contributed by atoms with van der Waals surface area (Å²) >= 11 is 1.75. The van der Waals surface area contributed by atoms with Crippen LogP contribution in [0.4, 0.5) is 5.82 Å². The lowest BCUT2D eigenvalue weighted by molar-refractivity contribution is 0.618. The van der Waals surface area contributed by atoms with Crippen LogP contribution in [-0.4, -0.2) is 21.2 Å². The lowest BCUT2D eigenvalue weighted by Gasteiger charge is -2.15. The first-order valence-corrected chi connectivity index (χ1v) is 9.05. The zero-order valence-corrected chi connectivity index (χ0v) is 14.0. The van der Waals surface area contributed by atoms with Crippen molar-refractivity contribution in [1.29, 1.82) is 0 Å². The van der Waals surface area contributed by atoms with Crippen molar-refractivity contribution in [2.45, 2.75) is 58.4 Å². The highest BCUT2D eigenvalue weighted by molar-refractivity contribution is 7.26. The Morgan fingerprint density at radius 2 is 1.95 bits per heavy atom. The minimum absolute atomic E-state index is 0.565. The molecule has 0 aromatic carbocycles. The fourth-order valence-corrected chi connectivity index (χ4v) is 4.79. The molecule has 116 valence electrons. The molecule has 0 radical (unpaired) electrons. The summed E-state index contributed by atoms with van der Waals surface area (Å²) in [6.45, 7) is 4.21. The highest BCUT2D eigenvalue weighted by Gasteiger charge is 2.18. The van der Waals surface area contributed by atoms with E-state index in [-0.39, 0.29) is 0 Å². The van der Waals surface area contributed by atoms with E-state index in [1.807, 2.05) is 0 Å². The van der Waals surface area contributed by atoms with Crippen LogP contribution in [0.1, 0.15) is 49.8 Å². The van der Waals surface area contributed by atoms with Gasteiger partial charge in [0, 0.05) is 17.1 Å². The van der Waals surface area contributed by atoms with Crippen LogP contribution < -0.4 is 5.32 Å². The van der Waals surface area contributed by atoms with Crippen LogP contribution in [0.15, 0.2) is 6.07 Å². The molecule has 1 fully saturated rings. The van der Waals surface area contributed by atoms with E-state index < -0.39 is 0 Å². The molecule has 0 saturated heterocycles. The van der Waals surface area contributed by atoms with Gasteiger partial charge in [-0.25, -0.2) is 4.98 Å². The van der Waals surface area contributed by atoms with E-state index in [1.165, 1.54) is 54.2 Å². The highest BCUT2D eigenvalue weighted by atomic mass is 32.1. The Balaban J connectivity index is 1.74. The molecule has 5 heteroatoms. The molecule has 1 aliphatic carbocycles. The van der Waals surface area contributed by atoms with Crippen molar-refractivity contribution in [2.75, 3.05) is 5.32 Å². The Hall–Kier alpha value is -1.62. The van der Waals surface area contributed by atoms with Gasteiger partial charge in [0.25, 0.3) is 0 Å². The molecule has 22 heavy (non-hydrogen) atoms. The number of H-pyrrole nitrogens is 1. The molecule has 0 amide bonds. The maximum Gasteiger partial charge on any atom is 0.166 e. The number of aromatic nitrogens is 3. The van der Waals surface area contributed by atoms with Crippen LogP contribution >= 0.6 is 11.3 Å². The second-order valence-corrected chi connectivity index (χ2v) is 7.47. The second-order valence-electron chi connectivity index (χ2n) is 6.47. The molecule has 4 nitrogen and oxygen atoms in total. The van der Waals surface area contributed by atoms with Crippen LogP contribution in [0.2, 0.25) is 0 Å². The number of nitrogens with one attached hydrogen (secondary N) is 2. The lowest BCUT2D eigenvalue weighted by Crippen LogP contribution is -2.18. The number of hydrogen-bond donors (Lipinski definition) is 2. The molecule has 0 spiro atoms. The van der Waals surface area contributed by atoms with Crippen LogP contribution in [0.3, 0.4) is 0 Å². The number of fused-ring (bicyclic) bond motifs is 3. The summed E-state index contributed by atoms with van der Waals surface area (Å²) < 4.78 is 1.22. The topological polar surface area (TPSA) is 53.6 Å². The van der Waals surface area contributed by atoms with E-state index in [1.54, 1.807) is 11.3 Å². The molecular formula is C17H22N4S. The summed E-state index contributed by atoms with van der Waals surface area (Å²) in [5, 5.41) is 12.7. The van der Waals surface area contributed by atoms with E-state index in [2.05, 4.69) is 35.4 Å². The van der Waals surface area contributed by atoms with Gasteiger partial charge in [-0.2, -0.15) is 5.10 Å². The van der Waals surface area contributed by atoms with Gasteiger partial charge in [0.15, 0.2) is 5.82 Å². The molecule has 0 aliphatic heterocycles. The van der Waals surface area contributed by atoms with Crippen LogP contribution in [-0.2, 0) is 0 Å². The van der Waals surface area contributed by atoms with E-state index in [0.717, 1.165) is 21.9 Å². The highest BCUT2D eigenvalue weighted by Crippen LogP contribution is 2.38. The fourth-order valence-electron chi connectivity index (χ4n) is 3.59. The summed E-state index contributed by atoms with van der Waals surface area (Å²) in [5.41, 5.74) is 3.50. The number of anilines is 1. The van der Waals surface area contributed by atoms with E-state index in [9.17, 15) is 0 Å². The molecule has 3 aromatic rings. The zero-order valence-electron chi connectivity index (χ0n) is 13.2. The Labute approximate surface area is 134 Å². The van der Waals surface area contributed by atoms with Crippen molar-refractivity contribution in [3.05, 3.63) is 17.3 Å². The van der Waals surface area contributed by atoms with Crippen LogP contribution in [0, 0.1) is 13.8 Å². The van der Waals surface area contributed by atoms with E-state index in [4.69, 9.17) is 4.98 Å². The molecule has 1 aliphatic rings. The van der Waals surface area contributed by atoms with Gasteiger partial charge in [0.1, 0.15) is 4.83 Å². The first kappa shape index (κ1) is 14.0. The van der Waals surface area contributed by atoms with Gasteiger partial charge in [-0.3, -0.25) is 5.10 Å². The fraction of sp³-hybridized carbons (Fsp3) is 0.529. The minimum Gasteiger partial charge on any atom is -0.365 e. The van der Waals surface area contributed by atoms with Gasteiger partial charge in [-0.15, -0.1) is 11.3 Å². The SMILES string of the molecule is Cc1cc(C)c2c(n1)sc1c(NC3CCCCCC3)n[nH]c12. The van der Waals surface area contributed by atoms with Gasteiger partial charge in [0.2, 0.25) is 0 Å². The molecule has 2 N–H and O–H groups in total. The average Bonchev–Trinajstić information content (AvgIpc) is 2.89. The largest absolute Gasteiger partial charge is 0.365 e. The zero-order chi connectivity index (χ0) is 15.1. The monoisotopic (exact) mass is 314 g/mol. The summed E-state index contributed by atoms with van der Waals surface area (Å²) in [4.78, 5) is 5.81. The van der Waals surface area contributed by atoms with Gasteiger partial charge >= 0.3 is 0 Å². The predicted molar refractivity (Wildman–Crippen MR) is 93.9 cm³/mol. The summed E-state index contributed by atoms with van der Waals surface area (Å²) in [5.74, 6) is 1.02. The Bertz CT molecular complexity index is 809. The first-order chi connectivity index (χ1) is 10.7. The van der Waals surface area contributed by atoms with Crippen molar-refractivity contribution >= 4 is 37.6 Å². The van der Waals surface area contributed by atoms with Crippen molar-refractivity contribution < 1.29 is 0 Å². The van der Waals surface area contributed by atoms with Gasteiger partial charge in [-0.05, 0) is 38.3 Å². The number of thiophene rings is 1. The van der Waals surface area contributed by atoms with Crippen molar-refractivity contribution in [3.63, 3.8) is 0 Å². The van der Waals surface area contributed by atoms with Gasteiger partial charge in [-0.1, -0.05) is 25.7 Å². The smallest absolute Gasteiger partial charge is 0.166 e. The molecule has 1 saturated carbocycles. The number of hydrogen-bond acceptors (Lipinski definition) is 4. The Morgan fingerprint density at radius 3 is 2.73 bits per heavy atom. The normalized spacial score (nSPS) is 17.2. The third kappa shape index (κ3) is 2.37. The third-order valence-electron chi connectivity index (χ3n) is 4.68. The van der Waals surface area contributed by atoms with Crippen LogP contribution in [0.5, 0.6) is 0 Å². The quantitative estimate of drug-likeness (QED) is 0.660. The standard InChI is InChI=1S/C17H22N4S/c1-10-9-11(2)18-17-13(10)14-15(22-17)16(21-20-14)19-12-7-5-3-4-6-8-12/h9,12H,3-8H2,1-2H3,(H2,19,20,21). The third-order valence-corrected chi connectivity index (χ3v) is 5.77. The molecular weight excluding hydrogens is 292 g/mol. The lowest BCUT2D eigenvalue weighted by atomic mass is 10.1. The van der Waals surface area contributed by atoms with E-state index in [0.29, 0.717) is 6.04 Å². The maximum absolute atomic E-state index is 4.69. The molecule has 3 aromatic heterocycles. The van der Waals surface area contributed by atoms with Crippen molar-refractivity contribution in [1.82, 2.24) is 15.2 Å². The van der Waals surface area contributed by atoms with Crippen molar-refractivity contribution in [2.24, 2.45) is 0 Å². The second kappa shape index (κ2) is 5.54. The summed E-state index contributed by atoms with van der Waals surface area (Å²) in [6, 6.07) is 2.71. The van der Waals surface area contributed by atoms with E-state index >= 15 is 0 Å². The number of nitrogens with zero attached hydrogens (tertiary/aromatic N) is 2. The molecule has 0 atom stereocenters. The minimum atomic E-state index is 0.565. The summed E-state index contributed by atoms with van der Waals surface area (Å²) in [7, 11) is 0. The predicted octanol–water partition coefficient (Wildman–Crippen LogP) is 4.92. The number of rotatable bonds is 2. The van der Waals surface area contributed by atoms with Crippen molar-refractivity contribution in [3.8, 4) is 0 Å². The van der Waals surface area contributed by atoms with Gasteiger partial charge in [0.05, 0.1) is 10.2 Å². The molecule has 0 bridgehead atoms. The number of pyridine rings is 1.